The number of nitroso groups, excluding NO2 is 1. The fourth-order valence-corrected chi connectivity index (χ4v) is 2.24. The molecule has 0 unspecified atom stereocenters. The molecule has 0 heterocycles. The van der Waals surface area contributed by atoms with Gasteiger partial charge in [0, 0.05) is 154 Å². The van der Waals surface area contributed by atoms with E-state index in [2.05, 4.69) is 254 Å². The summed E-state index contributed by atoms with van der Waals surface area (Å²) in [5.41, 5.74) is 0.463. The van der Waals surface area contributed by atoms with Gasteiger partial charge >= 0.3 is 0 Å². The molecule has 0 saturated carbocycles. The van der Waals surface area contributed by atoms with Gasteiger partial charge in [0.15, 0.2) is 0 Å². The molecule has 0 bridgehead atoms. The molecule has 0 spiro atoms. The van der Waals surface area contributed by atoms with Gasteiger partial charge in [-0.2, -0.15) is 4.91 Å². The Morgan fingerprint density at radius 3 is 0.945 bits per heavy atom. The standard InChI is InChI=1S/C51H7NO3/c1-3-5-7-9-11-13-15-17-19-21-23-25-27-29-31-33-35-37-39-41-45-54-50-44-43-49(48-52-53)51(47-50)55-46-42-40-38-36-34-32-30-28-26-24-22-20-18-16-14-12-10-8-6-4-2/h1-2,43-44,47H,48H2. The molecule has 0 radical (unpaired) electrons. The average molecular weight is 682 g/mol. The van der Waals surface area contributed by atoms with Crippen LogP contribution in [0.4, 0.5) is 0 Å². The third kappa shape index (κ3) is 27.6. The number of benzene rings is 1. The van der Waals surface area contributed by atoms with Gasteiger partial charge < -0.3 is 9.47 Å². The zero-order valence-corrected chi connectivity index (χ0v) is 27.8. The quantitative estimate of drug-likeness (QED) is 0.361. The molecule has 1 aromatic rings. The van der Waals surface area contributed by atoms with Crippen molar-refractivity contribution in [2.45, 2.75) is 6.54 Å². The van der Waals surface area contributed by atoms with Crippen molar-refractivity contribution in [3.8, 4) is 273 Å². The summed E-state index contributed by atoms with van der Waals surface area (Å²) in [6, 6.07) is 4.62. The van der Waals surface area contributed by atoms with Gasteiger partial charge in [0.25, 0.3) is 0 Å². The van der Waals surface area contributed by atoms with Crippen LogP contribution in [0.3, 0.4) is 0 Å². The predicted molar refractivity (Wildman–Crippen MR) is 210 cm³/mol. The topological polar surface area (TPSA) is 47.9 Å². The van der Waals surface area contributed by atoms with E-state index in [0.29, 0.717) is 11.3 Å². The second-order valence-electron chi connectivity index (χ2n) is 7.50. The van der Waals surface area contributed by atoms with E-state index in [4.69, 9.17) is 22.3 Å². The summed E-state index contributed by atoms with van der Waals surface area (Å²) >= 11 is 0. The molecule has 0 fully saturated rings. The Bertz CT molecular complexity index is 3170. The lowest BCUT2D eigenvalue weighted by atomic mass is 10.2. The lowest BCUT2D eigenvalue weighted by molar-refractivity contribution is 0.491. The second-order valence-corrected chi connectivity index (χ2v) is 7.50. The van der Waals surface area contributed by atoms with Crippen molar-refractivity contribution in [2.24, 2.45) is 5.18 Å². The fraction of sp³-hybridized carbons (Fsp3) is 0.0196. The third-order valence-corrected chi connectivity index (χ3v) is 4.10. The number of hydrogen-bond acceptors (Lipinski definition) is 4. The highest BCUT2D eigenvalue weighted by atomic mass is 16.5. The van der Waals surface area contributed by atoms with E-state index in [1.807, 2.05) is 0 Å². The molecule has 0 saturated heterocycles. The molecule has 0 N–H and O–H groups in total. The van der Waals surface area contributed by atoms with Gasteiger partial charge in [-0.25, -0.2) is 0 Å². The number of terminal acetylenes is 2. The number of hydrogen-bond donors (Lipinski definition) is 0. The molecule has 0 amide bonds. The molecular weight excluding hydrogens is 675 g/mol. The molecule has 0 aliphatic carbocycles. The predicted octanol–water partition coefficient (Wildman–Crippen LogP) is 1.96. The lowest BCUT2D eigenvalue weighted by Gasteiger charge is -2.05. The Kier molecular flexibility index (Phi) is 25.9. The van der Waals surface area contributed by atoms with Crippen LogP contribution in [0.5, 0.6) is 11.5 Å². The molecule has 4 nitrogen and oxygen atoms in total. The van der Waals surface area contributed by atoms with Gasteiger partial charge in [0.1, 0.15) is 30.3 Å². The summed E-state index contributed by atoms with van der Waals surface area (Å²) in [4.78, 5) is 10.8. The van der Waals surface area contributed by atoms with Gasteiger partial charge in [-0.1, -0.05) is 5.18 Å². The zero-order chi connectivity index (χ0) is 39.4. The summed E-state index contributed by atoms with van der Waals surface area (Å²) in [5, 5.41) is 2.87. The minimum Gasteiger partial charge on any atom is -0.407 e. The maximum absolute atomic E-state index is 10.8. The van der Waals surface area contributed by atoms with Crippen LogP contribution < -0.4 is 9.47 Å². The maximum atomic E-state index is 10.8. The van der Waals surface area contributed by atoms with Crippen LogP contribution >= 0.6 is 0 Å². The molecule has 4 heteroatoms. The SMILES string of the molecule is C#CC#CC#CC#CC#CC#CC#CC#CC#CC#CC#COc1ccc(CN=O)c(OC#CC#CC#CC#CC#CC#CC#CC#CC#CC#CC#C)c1. The minimum absolute atomic E-state index is 0.158. The Hall–Kier alpha value is -11.3. The number of rotatable bonds is 4. The van der Waals surface area contributed by atoms with E-state index in [0.717, 1.165) is 0 Å². The van der Waals surface area contributed by atoms with Crippen molar-refractivity contribution < 1.29 is 9.47 Å². The molecule has 0 atom stereocenters. The Labute approximate surface area is 322 Å². The Morgan fingerprint density at radius 2 is 0.655 bits per heavy atom. The van der Waals surface area contributed by atoms with Gasteiger partial charge in [0.2, 0.25) is 0 Å². The maximum Gasteiger partial charge on any atom is 0.149 e. The van der Waals surface area contributed by atoms with Crippen molar-refractivity contribution in [3.63, 3.8) is 0 Å². The molecule has 234 valence electrons. The van der Waals surface area contributed by atoms with E-state index in [-0.39, 0.29) is 12.3 Å². The van der Waals surface area contributed by atoms with Crippen LogP contribution in [-0.2, 0) is 6.54 Å². The first-order valence-electron chi connectivity index (χ1n) is 14.0. The molecule has 0 aliphatic heterocycles. The summed E-state index contributed by atoms with van der Waals surface area (Å²) in [6.45, 7) is -0.158. The van der Waals surface area contributed by atoms with Crippen molar-refractivity contribution in [3.05, 3.63) is 28.7 Å². The lowest BCUT2D eigenvalue weighted by Crippen LogP contribution is -1.92. The highest BCUT2D eigenvalue weighted by Crippen LogP contribution is 2.25. The Balaban J connectivity index is 2.66. The van der Waals surface area contributed by atoms with Crippen molar-refractivity contribution in [2.75, 3.05) is 0 Å². The first kappa shape index (κ1) is 41.8. The van der Waals surface area contributed by atoms with E-state index in [1.165, 1.54) is 6.07 Å². The first-order valence-corrected chi connectivity index (χ1v) is 14.0. The van der Waals surface area contributed by atoms with E-state index < -0.39 is 0 Å². The third-order valence-electron chi connectivity index (χ3n) is 4.10. The van der Waals surface area contributed by atoms with Crippen molar-refractivity contribution in [1.29, 1.82) is 0 Å². The monoisotopic (exact) mass is 681 g/mol. The number of nitrogens with zero attached hydrogens (tertiary/aromatic N) is 1. The molecule has 0 aliphatic rings. The summed E-state index contributed by atoms with van der Waals surface area (Å²) < 4.78 is 10.7. The van der Waals surface area contributed by atoms with Crippen LogP contribution in [0.25, 0.3) is 0 Å². The number of ether oxygens (including phenoxy) is 2. The summed E-state index contributed by atoms with van der Waals surface area (Å²) in [5.74, 6) is 98.5. The average Bonchev–Trinajstić information content (AvgIpc) is 3.20. The summed E-state index contributed by atoms with van der Waals surface area (Å²) in [6.07, 6.45) is 14.7. The van der Waals surface area contributed by atoms with E-state index >= 15 is 0 Å². The molecular formula is C51H7NO3. The van der Waals surface area contributed by atoms with Crippen molar-refractivity contribution >= 4 is 0 Å². The van der Waals surface area contributed by atoms with Gasteiger partial charge in [-0.15, -0.1) is 12.8 Å². The van der Waals surface area contributed by atoms with E-state index in [1.54, 1.807) is 12.1 Å². The minimum atomic E-state index is -0.158. The molecule has 55 heavy (non-hydrogen) atoms. The van der Waals surface area contributed by atoms with Gasteiger partial charge in [0.05, 0.1) is 0 Å². The smallest absolute Gasteiger partial charge is 0.149 e. The van der Waals surface area contributed by atoms with Crippen LogP contribution in [-0.4, -0.2) is 0 Å². The normalized spacial score (nSPS) is 5.20. The van der Waals surface area contributed by atoms with Crippen LogP contribution in [0, 0.1) is 267 Å². The molecule has 1 aromatic carbocycles. The molecule has 1 rings (SSSR count). The highest BCUT2D eigenvalue weighted by Gasteiger charge is 2.06. The largest absolute Gasteiger partial charge is 0.407 e. The summed E-state index contributed by atoms with van der Waals surface area (Å²) in [7, 11) is 0. The molecule has 0 aromatic heterocycles. The van der Waals surface area contributed by atoms with Crippen LogP contribution in [0.2, 0.25) is 0 Å². The van der Waals surface area contributed by atoms with Crippen LogP contribution in [0.15, 0.2) is 23.4 Å². The first-order chi connectivity index (χ1) is 27.3. The highest BCUT2D eigenvalue weighted by molar-refractivity contribution is 5.50. The fourth-order valence-electron chi connectivity index (χ4n) is 2.24. The van der Waals surface area contributed by atoms with Crippen LogP contribution in [0.1, 0.15) is 5.56 Å². The van der Waals surface area contributed by atoms with Crippen molar-refractivity contribution in [1.82, 2.24) is 0 Å². The van der Waals surface area contributed by atoms with E-state index in [9.17, 15) is 4.91 Å². The Morgan fingerprint density at radius 1 is 0.382 bits per heavy atom. The zero-order valence-electron chi connectivity index (χ0n) is 27.8. The second kappa shape index (κ2) is 34.1. The van der Waals surface area contributed by atoms with Gasteiger partial charge in [-0.3, -0.25) is 0 Å². The van der Waals surface area contributed by atoms with Gasteiger partial charge in [-0.05, 0) is 107 Å².